The molecule has 2 rings (SSSR count). The Morgan fingerprint density at radius 2 is 1.92 bits per heavy atom. The molecule has 1 aromatic carbocycles. The summed E-state index contributed by atoms with van der Waals surface area (Å²) in [5.74, 6) is 2.30. The second kappa shape index (κ2) is 10.6. The molecule has 0 fully saturated rings. The summed E-state index contributed by atoms with van der Waals surface area (Å²) in [6, 6.07) is 8.96. The molecule has 0 aliphatic rings. The Morgan fingerprint density at radius 1 is 1.15 bits per heavy atom. The third kappa shape index (κ3) is 6.17. The second-order valence-corrected chi connectivity index (χ2v) is 6.65. The smallest absolute Gasteiger partial charge is 0.191 e. The number of nitrogens with one attached hydrogen (secondary N) is 2. The number of hydrogen-bond acceptors (Lipinski definition) is 3. The van der Waals surface area contributed by atoms with Crippen molar-refractivity contribution in [1.82, 2.24) is 25.4 Å². The van der Waals surface area contributed by atoms with E-state index in [-0.39, 0.29) is 0 Å². The van der Waals surface area contributed by atoms with Crippen LogP contribution in [-0.2, 0) is 19.5 Å². The Balaban J connectivity index is 1.79. The minimum Gasteiger partial charge on any atom is -0.357 e. The van der Waals surface area contributed by atoms with Crippen molar-refractivity contribution in [3.63, 3.8) is 0 Å². The van der Waals surface area contributed by atoms with E-state index in [0.29, 0.717) is 12.5 Å². The van der Waals surface area contributed by atoms with Crippen molar-refractivity contribution in [3.05, 3.63) is 47.5 Å². The van der Waals surface area contributed by atoms with E-state index in [2.05, 4.69) is 77.8 Å². The first kappa shape index (κ1) is 19.9. The minimum absolute atomic E-state index is 0.528. The number of nitrogens with zero attached hydrogens (tertiary/aromatic N) is 4. The van der Waals surface area contributed by atoms with Crippen molar-refractivity contribution in [2.24, 2.45) is 4.99 Å². The summed E-state index contributed by atoms with van der Waals surface area (Å²) < 4.78 is 2.01. The monoisotopic (exact) mass is 356 g/mol. The average Bonchev–Trinajstić information content (AvgIpc) is 3.11. The SMILES string of the molecule is CCNC(=NCc1nncn1CC)NCCCc1ccc(C(C)C)cc1. The molecule has 0 aliphatic heterocycles. The molecule has 1 heterocycles. The first-order chi connectivity index (χ1) is 12.6. The fraction of sp³-hybridized carbons (Fsp3) is 0.550. The van der Waals surface area contributed by atoms with Gasteiger partial charge >= 0.3 is 0 Å². The number of benzene rings is 1. The summed E-state index contributed by atoms with van der Waals surface area (Å²) in [4.78, 5) is 4.61. The molecule has 1 aromatic heterocycles. The number of guanidine groups is 1. The highest BCUT2D eigenvalue weighted by molar-refractivity contribution is 5.79. The molecule has 0 atom stereocenters. The quantitative estimate of drug-likeness (QED) is 0.412. The van der Waals surface area contributed by atoms with Gasteiger partial charge in [-0.25, -0.2) is 4.99 Å². The van der Waals surface area contributed by atoms with E-state index in [1.807, 2.05) is 4.57 Å². The van der Waals surface area contributed by atoms with Crippen molar-refractivity contribution in [1.29, 1.82) is 0 Å². The van der Waals surface area contributed by atoms with Crippen LogP contribution < -0.4 is 10.6 Å². The zero-order valence-corrected chi connectivity index (χ0v) is 16.5. The third-order valence-electron chi connectivity index (χ3n) is 4.34. The molecule has 0 aliphatic carbocycles. The van der Waals surface area contributed by atoms with Crippen molar-refractivity contribution in [2.45, 2.75) is 59.5 Å². The van der Waals surface area contributed by atoms with Crippen LogP contribution in [0.15, 0.2) is 35.6 Å². The number of aromatic nitrogens is 3. The highest BCUT2D eigenvalue weighted by Crippen LogP contribution is 2.15. The number of hydrogen-bond donors (Lipinski definition) is 2. The second-order valence-electron chi connectivity index (χ2n) is 6.65. The molecule has 2 aromatic rings. The molecule has 0 spiro atoms. The predicted molar refractivity (Wildman–Crippen MR) is 107 cm³/mol. The largest absolute Gasteiger partial charge is 0.357 e. The predicted octanol–water partition coefficient (Wildman–Crippen LogP) is 3.11. The fourth-order valence-corrected chi connectivity index (χ4v) is 2.73. The van der Waals surface area contributed by atoms with Gasteiger partial charge in [0.15, 0.2) is 11.8 Å². The van der Waals surface area contributed by atoms with Gasteiger partial charge in [0.1, 0.15) is 12.9 Å². The van der Waals surface area contributed by atoms with Crippen molar-refractivity contribution >= 4 is 5.96 Å². The van der Waals surface area contributed by atoms with Gasteiger partial charge < -0.3 is 15.2 Å². The van der Waals surface area contributed by atoms with Crippen LogP contribution in [0.4, 0.5) is 0 Å². The molecule has 0 unspecified atom stereocenters. The Kier molecular flexibility index (Phi) is 8.12. The molecule has 0 radical (unpaired) electrons. The zero-order chi connectivity index (χ0) is 18.8. The molecule has 0 bridgehead atoms. The summed E-state index contributed by atoms with van der Waals surface area (Å²) in [6.45, 7) is 11.7. The minimum atomic E-state index is 0.528. The summed E-state index contributed by atoms with van der Waals surface area (Å²) in [6.07, 6.45) is 3.88. The first-order valence-corrected chi connectivity index (χ1v) is 9.61. The highest BCUT2D eigenvalue weighted by atomic mass is 15.3. The highest BCUT2D eigenvalue weighted by Gasteiger charge is 2.03. The lowest BCUT2D eigenvalue weighted by Gasteiger charge is -2.11. The van der Waals surface area contributed by atoms with E-state index < -0.39 is 0 Å². The third-order valence-corrected chi connectivity index (χ3v) is 4.34. The maximum atomic E-state index is 4.61. The lowest BCUT2D eigenvalue weighted by atomic mass is 10.0. The van der Waals surface area contributed by atoms with Crippen LogP contribution in [0.25, 0.3) is 0 Å². The molecule has 0 saturated heterocycles. The lowest BCUT2D eigenvalue weighted by Crippen LogP contribution is -2.38. The molecule has 0 saturated carbocycles. The Hall–Kier alpha value is -2.37. The van der Waals surface area contributed by atoms with E-state index in [1.54, 1.807) is 6.33 Å². The Morgan fingerprint density at radius 3 is 2.58 bits per heavy atom. The maximum absolute atomic E-state index is 4.61. The standard InChI is InChI=1S/C20H32N6/c1-5-21-20(23-14-19-25-24-15-26(19)6-2)22-13-7-8-17-9-11-18(12-10-17)16(3)4/h9-12,15-16H,5-8,13-14H2,1-4H3,(H2,21,22,23). The molecular weight excluding hydrogens is 324 g/mol. The lowest BCUT2D eigenvalue weighted by molar-refractivity contribution is 0.691. The van der Waals surface area contributed by atoms with Gasteiger partial charge in [0.2, 0.25) is 0 Å². The van der Waals surface area contributed by atoms with E-state index in [4.69, 9.17) is 0 Å². The summed E-state index contributed by atoms with van der Waals surface area (Å²) in [7, 11) is 0. The molecular formula is C20H32N6. The Bertz CT molecular complexity index is 672. The molecule has 26 heavy (non-hydrogen) atoms. The van der Waals surface area contributed by atoms with E-state index in [9.17, 15) is 0 Å². The van der Waals surface area contributed by atoms with Gasteiger partial charge in [-0.2, -0.15) is 0 Å². The first-order valence-electron chi connectivity index (χ1n) is 9.61. The number of rotatable bonds is 9. The molecule has 6 nitrogen and oxygen atoms in total. The summed E-state index contributed by atoms with van der Waals surface area (Å²) in [5, 5.41) is 14.8. The average molecular weight is 357 g/mol. The topological polar surface area (TPSA) is 67.1 Å². The van der Waals surface area contributed by atoms with Crippen molar-refractivity contribution in [3.8, 4) is 0 Å². The van der Waals surface area contributed by atoms with Crippen molar-refractivity contribution in [2.75, 3.05) is 13.1 Å². The van der Waals surface area contributed by atoms with Crippen LogP contribution in [0.2, 0.25) is 0 Å². The fourth-order valence-electron chi connectivity index (χ4n) is 2.73. The van der Waals surface area contributed by atoms with Crippen LogP contribution in [0.1, 0.15) is 57.0 Å². The van der Waals surface area contributed by atoms with Crippen LogP contribution >= 0.6 is 0 Å². The zero-order valence-electron chi connectivity index (χ0n) is 16.5. The van der Waals surface area contributed by atoms with Gasteiger partial charge in [-0.05, 0) is 43.7 Å². The van der Waals surface area contributed by atoms with Gasteiger partial charge in [0.05, 0.1) is 0 Å². The Labute approximate surface area is 157 Å². The van der Waals surface area contributed by atoms with Gasteiger partial charge in [0.25, 0.3) is 0 Å². The summed E-state index contributed by atoms with van der Waals surface area (Å²) in [5.41, 5.74) is 2.78. The van der Waals surface area contributed by atoms with E-state index in [1.165, 1.54) is 11.1 Å². The molecule has 142 valence electrons. The van der Waals surface area contributed by atoms with Gasteiger partial charge in [-0.1, -0.05) is 38.1 Å². The van der Waals surface area contributed by atoms with Crippen molar-refractivity contribution < 1.29 is 0 Å². The van der Waals surface area contributed by atoms with Gasteiger partial charge in [-0.15, -0.1) is 10.2 Å². The molecule has 6 heteroatoms. The van der Waals surface area contributed by atoms with Gasteiger partial charge in [-0.3, -0.25) is 0 Å². The van der Waals surface area contributed by atoms with Crippen LogP contribution in [0.5, 0.6) is 0 Å². The van der Waals surface area contributed by atoms with E-state index in [0.717, 1.165) is 44.3 Å². The molecule has 0 amide bonds. The van der Waals surface area contributed by atoms with Crippen LogP contribution in [0.3, 0.4) is 0 Å². The van der Waals surface area contributed by atoms with Crippen LogP contribution in [-0.4, -0.2) is 33.8 Å². The van der Waals surface area contributed by atoms with E-state index >= 15 is 0 Å². The normalized spacial score (nSPS) is 11.8. The van der Waals surface area contributed by atoms with Crippen LogP contribution in [0, 0.1) is 0 Å². The molecule has 2 N–H and O–H groups in total. The summed E-state index contributed by atoms with van der Waals surface area (Å²) >= 11 is 0. The maximum Gasteiger partial charge on any atom is 0.191 e. The number of aliphatic imine (C=N–C) groups is 1. The van der Waals surface area contributed by atoms with Gasteiger partial charge in [0, 0.05) is 19.6 Å². The number of aryl methyl sites for hydroxylation is 2.